The van der Waals surface area contributed by atoms with E-state index in [-0.39, 0.29) is 12.0 Å². The first-order valence-corrected chi connectivity index (χ1v) is 5.67. The van der Waals surface area contributed by atoms with Gasteiger partial charge in [-0.3, -0.25) is 4.79 Å². The van der Waals surface area contributed by atoms with Crippen molar-refractivity contribution in [1.82, 2.24) is 5.32 Å². The first-order valence-electron chi connectivity index (χ1n) is 5.67. The Morgan fingerprint density at radius 1 is 1.53 bits per heavy atom. The van der Waals surface area contributed by atoms with E-state index < -0.39 is 0 Å². The van der Waals surface area contributed by atoms with Gasteiger partial charge in [0.25, 0.3) is 0 Å². The van der Waals surface area contributed by atoms with Crippen molar-refractivity contribution in [2.45, 2.75) is 26.5 Å². The van der Waals surface area contributed by atoms with Gasteiger partial charge in [-0.25, -0.2) is 0 Å². The molecular formula is C13H20N2O2. The molecule has 3 N–H and O–H groups in total. The molecule has 0 radical (unpaired) electrons. The van der Waals surface area contributed by atoms with Crippen LogP contribution in [0.15, 0.2) is 18.2 Å². The van der Waals surface area contributed by atoms with Crippen molar-refractivity contribution in [3.8, 4) is 0 Å². The predicted molar refractivity (Wildman–Crippen MR) is 67.9 cm³/mol. The number of aryl methyl sites for hydroxylation is 1. The zero-order valence-electron chi connectivity index (χ0n) is 10.6. The molecule has 0 aromatic heterocycles. The molecule has 4 nitrogen and oxygen atoms in total. The van der Waals surface area contributed by atoms with Gasteiger partial charge in [0.2, 0.25) is 5.91 Å². The van der Waals surface area contributed by atoms with Crippen LogP contribution < -0.4 is 11.1 Å². The van der Waals surface area contributed by atoms with Crippen LogP contribution in [0.4, 0.5) is 0 Å². The van der Waals surface area contributed by atoms with Crippen LogP contribution >= 0.6 is 0 Å². The summed E-state index contributed by atoms with van der Waals surface area (Å²) in [5.74, 6) is -0.388. The zero-order valence-corrected chi connectivity index (χ0v) is 10.6. The molecule has 1 aromatic rings. The van der Waals surface area contributed by atoms with E-state index in [2.05, 4.69) is 5.32 Å². The molecule has 1 amide bonds. The van der Waals surface area contributed by atoms with E-state index in [1.165, 1.54) is 5.56 Å². The maximum absolute atomic E-state index is 11.0. The highest BCUT2D eigenvalue weighted by atomic mass is 16.5. The smallest absolute Gasteiger partial charge is 0.248 e. The van der Waals surface area contributed by atoms with Gasteiger partial charge in [-0.1, -0.05) is 6.07 Å². The normalized spacial score (nSPS) is 12.4. The zero-order chi connectivity index (χ0) is 12.8. The van der Waals surface area contributed by atoms with Gasteiger partial charge in [0.1, 0.15) is 0 Å². The summed E-state index contributed by atoms with van der Waals surface area (Å²) in [4.78, 5) is 11.0. The number of primary amides is 1. The Hall–Kier alpha value is -1.39. The first kappa shape index (κ1) is 13.7. The Kier molecular flexibility index (Phi) is 5.12. The fourth-order valence-electron chi connectivity index (χ4n) is 1.54. The van der Waals surface area contributed by atoms with E-state index >= 15 is 0 Å². The molecule has 1 unspecified atom stereocenters. The molecule has 1 rings (SSSR count). The van der Waals surface area contributed by atoms with Gasteiger partial charge in [-0.15, -0.1) is 0 Å². The minimum atomic E-state index is -0.388. The molecule has 0 aliphatic carbocycles. The third-order valence-electron chi connectivity index (χ3n) is 2.78. The molecule has 0 bridgehead atoms. The van der Waals surface area contributed by atoms with Gasteiger partial charge in [0.05, 0.1) is 6.10 Å². The average molecular weight is 236 g/mol. The highest BCUT2D eigenvalue weighted by molar-refractivity contribution is 5.93. The largest absolute Gasteiger partial charge is 0.380 e. The van der Waals surface area contributed by atoms with Crippen molar-refractivity contribution in [2.24, 2.45) is 5.73 Å². The maximum Gasteiger partial charge on any atom is 0.248 e. The number of benzene rings is 1. The first-order chi connectivity index (χ1) is 8.04. The molecule has 0 aliphatic rings. The van der Waals surface area contributed by atoms with E-state index in [0.29, 0.717) is 5.56 Å². The molecule has 0 saturated heterocycles. The second-order valence-corrected chi connectivity index (χ2v) is 4.18. The highest BCUT2D eigenvalue weighted by Crippen LogP contribution is 2.10. The van der Waals surface area contributed by atoms with Crippen molar-refractivity contribution in [3.63, 3.8) is 0 Å². The number of rotatable bonds is 6. The number of hydrogen-bond donors (Lipinski definition) is 2. The number of nitrogens with two attached hydrogens (primary N) is 1. The standard InChI is InChI=1S/C13H20N2O2/c1-9-6-11(13(14)16)4-5-12(9)8-15-7-10(2)17-3/h4-6,10,15H,7-8H2,1-3H3,(H2,14,16). The van der Waals surface area contributed by atoms with E-state index in [9.17, 15) is 4.79 Å². The molecule has 0 aliphatic heterocycles. The number of carbonyl (C=O) groups excluding carboxylic acids is 1. The summed E-state index contributed by atoms with van der Waals surface area (Å²) in [5.41, 5.74) is 8.01. The Bertz CT molecular complexity index is 391. The summed E-state index contributed by atoms with van der Waals surface area (Å²) < 4.78 is 5.15. The number of nitrogens with one attached hydrogen (secondary N) is 1. The Balaban J connectivity index is 2.57. The SMILES string of the molecule is COC(C)CNCc1ccc(C(N)=O)cc1C. The van der Waals surface area contributed by atoms with E-state index in [0.717, 1.165) is 18.7 Å². The lowest BCUT2D eigenvalue weighted by atomic mass is 10.0. The number of carbonyl (C=O) groups is 1. The van der Waals surface area contributed by atoms with Gasteiger partial charge >= 0.3 is 0 Å². The number of hydrogen-bond acceptors (Lipinski definition) is 3. The monoisotopic (exact) mass is 236 g/mol. The fraction of sp³-hybridized carbons (Fsp3) is 0.462. The minimum Gasteiger partial charge on any atom is -0.380 e. The van der Waals surface area contributed by atoms with Crippen LogP contribution in [0.25, 0.3) is 0 Å². The van der Waals surface area contributed by atoms with Crippen LogP contribution in [0.1, 0.15) is 28.4 Å². The highest BCUT2D eigenvalue weighted by Gasteiger charge is 2.04. The van der Waals surface area contributed by atoms with Crippen LogP contribution in [0.2, 0.25) is 0 Å². The molecule has 94 valence electrons. The molecule has 1 aromatic carbocycles. The predicted octanol–water partition coefficient (Wildman–Crippen LogP) is 1.22. The van der Waals surface area contributed by atoms with Crippen LogP contribution in [-0.2, 0) is 11.3 Å². The molecule has 0 fully saturated rings. The van der Waals surface area contributed by atoms with Gasteiger partial charge in [-0.2, -0.15) is 0 Å². The molecular weight excluding hydrogens is 216 g/mol. The second kappa shape index (κ2) is 6.37. The number of amides is 1. The summed E-state index contributed by atoms with van der Waals surface area (Å²) in [6.07, 6.45) is 0.195. The molecule has 17 heavy (non-hydrogen) atoms. The van der Waals surface area contributed by atoms with Crippen molar-refractivity contribution in [1.29, 1.82) is 0 Å². The molecule has 0 heterocycles. The lowest BCUT2D eigenvalue weighted by molar-refractivity contribution is 0.1000. The van der Waals surface area contributed by atoms with Gasteiger partial charge in [0, 0.05) is 25.8 Å². The summed E-state index contributed by atoms with van der Waals surface area (Å²) in [6.45, 7) is 5.55. The lowest BCUT2D eigenvalue weighted by Crippen LogP contribution is -2.25. The summed E-state index contributed by atoms with van der Waals surface area (Å²) in [5, 5.41) is 3.30. The van der Waals surface area contributed by atoms with Crippen molar-refractivity contribution >= 4 is 5.91 Å². The lowest BCUT2D eigenvalue weighted by Gasteiger charge is -2.12. The summed E-state index contributed by atoms with van der Waals surface area (Å²) in [7, 11) is 1.69. The molecule has 0 saturated carbocycles. The van der Waals surface area contributed by atoms with Gasteiger partial charge in [-0.05, 0) is 37.1 Å². The van der Waals surface area contributed by atoms with E-state index in [1.807, 2.05) is 26.0 Å². The Morgan fingerprint density at radius 2 is 2.24 bits per heavy atom. The van der Waals surface area contributed by atoms with Crippen molar-refractivity contribution < 1.29 is 9.53 Å². The van der Waals surface area contributed by atoms with Crippen LogP contribution in [0, 0.1) is 6.92 Å². The second-order valence-electron chi connectivity index (χ2n) is 4.18. The number of ether oxygens (including phenoxy) is 1. The van der Waals surface area contributed by atoms with Crippen molar-refractivity contribution in [3.05, 3.63) is 34.9 Å². The topological polar surface area (TPSA) is 64.3 Å². The van der Waals surface area contributed by atoms with Gasteiger partial charge in [0.15, 0.2) is 0 Å². The fourth-order valence-corrected chi connectivity index (χ4v) is 1.54. The summed E-state index contributed by atoms with van der Waals surface area (Å²) in [6, 6.07) is 5.51. The maximum atomic E-state index is 11.0. The Morgan fingerprint density at radius 3 is 2.76 bits per heavy atom. The quantitative estimate of drug-likeness (QED) is 0.780. The molecule has 1 atom stereocenters. The third kappa shape index (κ3) is 4.17. The molecule has 4 heteroatoms. The minimum absolute atomic E-state index is 0.195. The van der Waals surface area contributed by atoms with Crippen LogP contribution in [0.5, 0.6) is 0 Å². The van der Waals surface area contributed by atoms with Crippen LogP contribution in [-0.4, -0.2) is 25.7 Å². The third-order valence-corrected chi connectivity index (χ3v) is 2.78. The average Bonchev–Trinajstić information content (AvgIpc) is 2.30. The van der Waals surface area contributed by atoms with Crippen molar-refractivity contribution in [2.75, 3.05) is 13.7 Å². The van der Waals surface area contributed by atoms with E-state index in [1.54, 1.807) is 13.2 Å². The van der Waals surface area contributed by atoms with Crippen LogP contribution in [0.3, 0.4) is 0 Å². The summed E-state index contributed by atoms with van der Waals surface area (Å²) >= 11 is 0. The number of methoxy groups -OCH3 is 1. The van der Waals surface area contributed by atoms with Gasteiger partial charge < -0.3 is 15.8 Å². The van der Waals surface area contributed by atoms with E-state index in [4.69, 9.17) is 10.5 Å². The molecule has 0 spiro atoms. The Labute approximate surface area is 102 Å².